The van der Waals surface area contributed by atoms with Gasteiger partial charge < -0.3 is 20.3 Å². The number of amides is 2. The van der Waals surface area contributed by atoms with Gasteiger partial charge in [-0.05, 0) is 50.4 Å². The molecule has 1 heterocycles. The molecule has 0 saturated carbocycles. The van der Waals surface area contributed by atoms with Gasteiger partial charge in [0.05, 0.1) is 13.2 Å². The van der Waals surface area contributed by atoms with E-state index in [0.29, 0.717) is 26.2 Å². The molecule has 1 aromatic rings. The first-order valence-corrected chi connectivity index (χ1v) is 9.12. The van der Waals surface area contributed by atoms with Crippen molar-refractivity contribution in [1.82, 2.24) is 15.5 Å². The number of rotatable bonds is 7. The second-order valence-corrected chi connectivity index (χ2v) is 6.52. The van der Waals surface area contributed by atoms with Gasteiger partial charge in [0.2, 0.25) is 5.91 Å². The van der Waals surface area contributed by atoms with E-state index in [4.69, 9.17) is 16.3 Å². The van der Waals surface area contributed by atoms with Crippen molar-refractivity contribution < 1.29 is 14.3 Å². The van der Waals surface area contributed by atoms with E-state index < -0.39 is 0 Å². The zero-order valence-electron chi connectivity index (χ0n) is 14.6. The minimum Gasteiger partial charge on any atom is -0.450 e. The van der Waals surface area contributed by atoms with Crippen LogP contribution in [-0.2, 0) is 16.0 Å². The van der Waals surface area contributed by atoms with Crippen LogP contribution in [0.15, 0.2) is 24.3 Å². The minimum atomic E-state index is -0.267. The predicted octanol–water partition coefficient (Wildman–Crippen LogP) is 2.21. The summed E-state index contributed by atoms with van der Waals surface area (Å²) in [5.74, 6) is -0.00862. The fraction of sp³-hybridized carbons (Fsp3) is 0.556. The zero-order valence-corrected chi connectivity index (χ0v) is 15.3. The molecule has 25 heavy (non-hydrogen) atoms. The molecule has 0 spiro atoms. The Morgan fingerprint density at radius 3 is 2.56 bits per heavy atom. The van der Waals surface area contributed by atoms with E-state index in [1.54, 1.807) is 11.8 Å². The van der Waals surface area contributed by atoms with Crippen molar-refractivity contribution in [3.63, 3.8) is 0 Å². The molecule has 0 unspecified atom stereocenters. The molecule has 0 aromatic heterocycles. The van der Waals surface area contributed by atoms with Gasteiger partial charge in [-0.3, -0.25) is 4.79 Å². The molecular weight excluding hydrogens is 342 g/mol. The number of hydrogen-bond donors (Lipinski definition) is 2. The molecule has 0 atom stereocenters. The maximum atomic E-state index is 12.0. The molecule has 0 aliphatic carbocycles. The third-order valence-corrected chi connectivity index (χ3v) is 4.43. The molecule has 0 bridgehead atoms. The van der Waals surface area contributed by atoms with Gasteiger partial charge in [-0.2, -0.15) is 0 Å². The normalized spacial score (nSPS) is 15.0. The van der Waals surface area contributed by atoms with E-state index in [2.05, 4.69) is 10.6 Å². The highest BCUT2D eigenvalue weighted by Crippen LogP contribution is 2.11. The molecule has 1 aliphatic rings. The number of hydrogen-bond acceptors (Lipinski definition) is 4. The van der Waals surface area contributed by atoms with Crippen molar-refractivity contribution in [3.05, 3.63) is 34.9 Å². The smallest absolute Gasteiger partial charge is 0.409 e. The highest BCUT2D eigenvalue weighted by molar-refractivity contribution is 6.30. The number of nitrogens with one attached hydrogen (secondary N) is 2. The van der Waals surface area contributed by atoms with Crippen LogP contribution in [0.1, 0.15) is 25.3 Å². The van der Waals surface area contributed by atoms with E-state index in [9.17, 15) is 9.59 Å². The van der Waals surface area contributed by atoms with Crippen LogP contribution in [0.25, 0.3) is 0 Å². The first-order valence-electron chi connectivity index (χ1n) is 8.74. The van der Waals surface area contributed by atoms with E-state index in [1.165, 1.54) is 5.56 Å². The third kappa shape index (κ3) is 6.92. The van der Waals surface area contributed by atoms with E-state index in [-0.39, 0.29) is 18.0 Å². The predicted molar refractivity (Wildman–Crippen MR) is 97.8 cm³/mol. The van der Waals surface area contributed by atoms with Crippen LogP contribution in [0.4, 0.5) is 4.79 Å². The van der Waals surface area contributed by atoms with Crippen LogP contribution in [0.5, 0.6) is 0 Å². The molecule has 2 N–H and O–H groups in total. The van der Waals surface area contributed by atoms with Crippen LogP contribution < -0.4 is 10.6 Å². The summed E-state index contributed by atoms with van der Waals surface area (Å²) in [7, 11) is 0. The molecule has 0 radical (unpaired) electrons. The van der Waals surface area contributed by atoms with Crippen LogP contribution in [0.2, 0.25) is 5.02 Å². The maximum Gasteiger partial charge on any atom is 0.409 e. The molecule has 1 saturated heterocycles. The molecule has 2 amide bonds. The minimum absolute atomic E-state index is 0.00862. The quantitative estimate of drug-likeness (QED) is 0.725. The Labute approximate surface area is 153 Å². The largest absolute Gasteiger partial charge is 0.450 e. The number of likely N-dealkylation sites (tertiary alicyclic amines) is 1. The first kappa shape index (κ1) is 19.5. The molecule has 6 nitrogen and oxygen atoms in total. The first-order chi connectivity index (χ1) is 12.1. The third-order valence-electron chi connectivity index (χ3n) is 4.18. The summed E-state index contributed by atoms with van der Waals surface area (Å²) >= 11 is 5.85. The van der Waals surface area contributed by atoms with Crippen LogP contribution in [-0.4, -0.2) is 55.7 Å². The van der Waals surface area contributed by atoms with Gasteiger partial charge in [-0.1, -0.05) is 23.7 Å². The lowest BCUT2D eigenvalue weighted by molar-refractivity contribution is -0.121. The lowest BCUT2D eigenvalue weighted by atomic mass is 10.1. The number of ether oxygens (including phenoxy) is 1. The summed E-state index contributed by atoms with van der Waals surface area (Å²) in [6, 6.07) is 7.83. The van der Waals surface area contributed by atoms with Crippen molar-refractivity contribution in [2.24, 2.45) is 0 Å². The Kier molecular flexibility index (Phi) is 8.01. The Balaban J connectivity index is 1.58. The Morgan fingerprint density at radius 2 is 1.92 bits per heavy atom. The number of piperidine rings is 1. The summed E-state index contributed by atoms with van der Waals surface area (Å²) in [4.78, 5) is 25.3. The van der Waals surface area contributed by atoms with Crippen LogP contribution in [0, 0.1) is 0 Å². The van der Waals surface area contributed by atoms with Gasteiger partial charge in [-0.15, -0.1) is 0 Å². The monoisotopic (exact) mass is 367 g/mol. The Bertz CT molecular complexity index is 557. The Hall–Kier alpha value is -1.79. The lowest BCUT2D eigenvalue weighted by Gasteiger charge is -2.31. The molecule has 1 fully saturated rings. The molecule has 7 heteroatoms. The summed E-state index contributed by atoms with van der Waals surface area (Å²) in [5, 5.41) is 6.90. The summed E-state index contributed by atoms with van der Waals surface area (Å²) in [5.41, 5.74) is 1.18. The summed E-state index contributed by atoms with van der Waals surface area (Å²) < 4.78 is 4.99. The molecule has 1 aromatic carbocycles. The SMILES string of the molecule is CCOC(=O)N1CCC(NC(=O)CNCCc2ccc(Cl)cc2)CC1. The fourth-order valence-corrected chi connectivity index (χ4v) is 2.91. The van der Waals surface area contributed by atoms with Gasteiger partial charge in [0.25, 0.3) is 0 Å². The highest BCUT2D eigenvalue weighted by Gasteiger charge is 2.24. The molecule has 1 aliphatic heterocycles. The molecule has 2 rings (SSSR count). The molecular formula is C18H26ClN3O3. The number of carbonyl (C=O) groups is 2. The topological polar surface area (TPSA) is 70.7 Å². The lowest BCUT2D eigenvalue weighted by Crippen LogP contribution is -2.48. The van der Waals surface area contributed by atoms with Crippen LogP contribution >= 0.6 is 11.6 Å². The Morgan fingerprint density at radius 1 is 1.24 bits per heavy atom. The van der Waals surface area contributed by atoms with Crippen molar-refractivity contribution in [2.75, 3.05) is 32.8 Å². The second kappa shape index (κ2) is 10.3. The maximum absolute atomic E-state index is 12.0. The van der Waals surface area contributed by atoms with Crippen molar-refractivity contribution >= 4 is 23.6 Å². The van der Waals surface area contributed by atoms with Crippen molar-refractivity contribution in [2.45, 2.75) is 32.2 Å². The van der Waals surface area contributed by atoms with Gasteiger partial charge in [0, 0.05) is 24.2 Å². The van der Waals surface area contributed by atoms with Gasteiger partial charge in [0.1, 0.15) is 0 Å². The average Bonchev–Trinajstić information content (AvgIpc) is 2.61. The second-order valence-electron chi connectivity index (χ2n) is 6.08. The highest BCUT2D eigenvalue weighted by atomic mass is 35.5. The number of halogens is 1. The summed E-state index contributed by atoms with van der Waals surface area (Å²) in [6.45, 7) is 4.45. The van der Waals surface area contributed by atoms with Gasteiger partial charge in [0.15, 0.2) is 0 Å². The van der Waals surface area contributed by atoms with Gasteiger partial charge in [-0.25, -0.2) is 4.79 Å². The van der Waals surface area contributed by atoms with Crippen molar-refractivity contribution in [1.29, 1.82) is 0 Å². The zero-order chi connectivity index (χ0) is 18.1. The number of carbonyl (C=O) groups excluding carboxylic acids is 2. The van der Waals surface area contributed by atoms with E-state index in [0.717, 1.165) is 30.8 Å². The summed E-state index contributed by atoms with van der Waals surface area (Å²) in [6.07, 6.45) is 2.10. The van der Waals surface area contributed by atoms with Crippen LogP contribution in [0.3, 0.4) is 0 Å². The van der Waals surface area contributed by atoms with E-state index >= 15 is 0 Å². The standard InChI is InChI=1S/C18H26ClN3O3/c1-2-25-18(24)22-11-8-16(9-12-22)21-17(23)13-20-10-7-14-3-5-15(19)6-4-14/h3-6,16,20H,2,7-13H2,1H3,(H,21,23). The number of nitrogens with zero attached hydrogens (tertiary/aromatic N) is 1. The number of benzene rings is 1. The van der Waals surface area contributed by atoms with Crippen molar-refractivity contribution in [3.8, 4) is 0 Å². The fourth-order valence-electron chi connectivity index (χ4n) is 2.79. The van der Waals surface area contributed by atoms with Gasteiger partial charge >= 0.3 is 6.09 Å². The molecule has 138 valence electrons. The average molecular weight is 368 g/mol. The van der Waals surface area contributed by atoms with E-state index in [1.807, 2.05) is 24.3 Å².